The smallest absolute Gasteiger partial charge is 0.317 e. The van der Waals surface area contributed by atoms with Gasteiger partial charge in [0.1, 0.15) is 0 Å². The fourth-order valence-corrected chi connectivity index (χ4v) is 4.33. The van der Waals surface area contributed by atoms with E-state index < -0.39 is 0 Å². The van der Waals surface area contributed by atoms with Gasteiger partial charge in [0.25, 0.3) is 0 Å². The van der Waals surface area contributed by atoms with Gasteiger partial charge in [-0.15, -0.1) is 11.8 Å². The average molecular weight is 377 g/mol. The highest BCUT2D eigenvalue weighted by Crippen LogP contribution is 2.18. The third kappa shape index (κ3) is 5.62. The minimum atomic E-state index is 0.0357. The standard InChI is InChI=1S/C19H28N4O2S/c24-18(15-26-14-17-8-4-5-9-20-17)22-10-12-23(13-11-22)19(25)21-16-6-2-1-3-7-16/h4-5,8-9,16H,1-3,6-7,10-15H2,(H,21,25). The average Bonchev–Trinajstić information content (AvgIpc) is 2.69. The number of hydrogen-bond donors (Lipinski definition) is 1. The molecule has 0 atom stereocenters. The van der Waals surface area contributed by atoms with E-state index in [0.717, 1.165) is 24.3 Å². The lowest BCUT2D eigenvalue weighted by Crippen LogP contribution is -2.55. The lowest BCUT2D eigenvalue weighted by atomic mass is 9.96. The van der Waals surface area contributed by atoms with Crippen LogP contribution in [0, 0.1) is 0 Å². The van der Waals surface area contributed by atoms with Crippen LogP contribution in [0.3, 0.4) is 0 Å². The number of amides is 3. The van der Waals surface area contributed by atoms with Crippen LogP contribution in [0.15, 0.2) is 24.4 Å². The van der Waals surface area contributed by atoms with Crippen LogP contribution in [0.2, 0.25) is 0 Å². The maximum absolute atomic E-state index is 12.4. The number of nitrogens with one attached hydrogen (secondary N) is 1. The first kappa shape index (κ1) is 19.0. The maximum atomic E-state index is 12.4. The summed E-state index contributed by atoms with van der Waals surface area (Å²) >= 11 is 1.59. The molecule has 7 heteroatoms. The first-order valence-electron chi connectivity index (χ1n) is 9.53. The van der Waals surface area contributed by atoms with Gasteiger partial charge >= 0.3 is 6.03 Å². The van der Waals surface area contributed by atoms with Crippen molar-refractivity contribution in [1.82, 2.24) is 20.1 Å². The lowest BCUT2D eigenvalue weighted by molar-refractivity contribution is -0.129. The van der Waals surface area contributed by atoms with E-state index in [-0.39, 0.29) is 11.9 Å². The molecule has 3 rings (SSSR count). The van der Waals surface area contributed by atoms with Crippen molar-refractivity contribution in [3.05, 3.63) is 30.1 Å². The van der Waals surface area contributed by atoms with Crippen molar-refractivity contribution in [3.8, 4) is 0 Å². The molecule has 1 aliphatic carbocycles. The largest absolute Gasteiger partial charge is 0.338 e. The van der Waals surface area contributed by atoms with E-state index in [2.05, 4.69) is 10.3 Å². The van der Waals surface area contributed by atoms with Crippen LogP contribution in [-0.2, 0) is 10.5 Å². The van der Waals surface area contributed by atoms with Crippen molar-refractivity contribution < 1.29 is 9.59 Å². The van der Waals surface area contributed by atoms with Gasteiger partial charge in [-0.25, -0.2) is 4.79 Å². The number of nitrogens with zero attached hydrogens (tertiary/aromatic N) is 3. The van der Waals surface area contributed by atoms with Gasteiger partial charge in [0.15, 0.2) is 0 Å². The molecule has 1 aromatic rings. The van der Waals surface area contributed by atoms with E-state index in [1.54, 1.807) is 18.0 Å². The minimum absolute atomic E-state index is 0.0357. The molecular weight excluding hydrogens is 348 g/mol. The van der Waals surface area contributed by atoms with Crippen LogP contribution in [-0.4, -0.2) is 64.7 Å². The van der Waals surface area contributed by atoms with Crippen molar-refractivity contribution in [2.75, 3.05) is 31.9 Å². The molecule has 2 aliphatic rings. The second-order valence-electron chi connectivity index (χ2n) is 6.97. The van der Waals surface area contributed by atoms with Crippen LogP contribution in [0.4, 0.5) is 4.79 Å². The fourth-order valence-electron chi connectivity index (χ4n) is 3.49. The summed E-state index contributed by atoms with van der Waals surface area (Å²) in [6.07, 6.45) is 7.67. The van der Waals surface area contributed by atoms with E-state index in [1.165, 1.54) is 19.3 Å². The normalized spacial score (nSPS) is 18.6. The number of rotatable bonds is 5. The molecule has 1 N–H and O–H groups in total. The quantitative estimate of drug-likeness (QED) is 0.857. The molecule has 1 saturated heterocycles. The number of thioether (sulfide) groups is 1. The van der Waals surface area contributed by atoms with Crippen LogP contribution in [0.5, 0.6) is 0 Å². The SMILES string of the molecule is O=C(CSCc1ccccn1)N1CCN(C(=O)NC2CCCCC2)CC1. The lowest BCUT2D eigenvalue weighted by Gasteiger charge is -2.36. The molecule has 3 amide bonds. The number of hydrogen-bond acceptors (Lipinski definition) is 4. The van der Waals surface area contributed by atoms with E-state index in [4.69, 9.17) is 0 Å². The van der Waals surface area contributed by atoms with Crippen LogP contribution >= 0.6 is 11.8 Å². The van der Waals surface area contributed by atoms with Crippen molar-refractivity contribution >= 4 is 23.7 Å². The summed E-state index contributed by atoms with van der Waals surface area (Å²) in [7, 11) is 0. The molecule has 6 nitrogen and oxygen atoms in total. The van der Waals surface area contributed by atoms with E-state index in [9.17, 15) is 9.59 Å². The third-order valence-corrected chi connectivity index (χ3v) is 6.00. The predicted octanol–water partition coefficient (Wildman–Crippen LogP) is 2.50. The first-order valence-corrected chi connectivity index (χ1v) is 10.7. The molecule has 0 unspecified atom stereocenters. The Hall–Kier alpha value is -1.76. The molecule has 0 aromatic carbocycles. The Morgan fingerprint density at radius 3 is 2.50 bits per heavy atom. The van der Waals surface area contributed by atoms with E-state index in [0.29, 0.717) is 38.0 Å². The number of pyridine rings is 1. The van der Waals surface area contributed by atoms with Gasteiger partial charge in [0.05, 0.1) is 11.4 Å². The van der Waals surface area contributed by atoms with Gasteiger partial charge in [-0.1, -0.05) is 25.3 Å². The highest BCUT2D eigenvalue weighted by molar-refractivity contribution is 7.99. The minimum Gasteiger partial charge on any atom is -0.338 e. The van der Waals surface area contributed by atoms with Gasteiger partial charge in [-0.3, -0.25) is 9.78 Å². The Morgan fingerprint density at radius 1 is 1.08 bits per heavy atom. The van der Waals surface area contributed by atoms with Crippen LogP contribution in [0.1, 0.15) is 37.8 Å². The summed E-state index contributed by atoms with van der Waals surface area (Å²) in [6, 6.07) is 6.19. The molecule has 0 bridgehead atoms. The van der Waals surface area contributed by atoms with Gasteiger partial charge in [0.2, 0.25) is 5.91 Å². The van der Waals surface area contributed by atoms with Crippen molar-refractivity contribution in [1.29, 1.82) is 0 Å². The number of piperazine rings is 1. The van der Waals surface area contributed by atoms with E-state index in [1.807, 2.05) is 28.0 Å². The Labute approximate surface area is 159 Å². The Bertz CT molecular complexity index is 584. The molecule has 1 saturated carbocycles. The summed E-state index contributed by atoms with van der Waals surface area (Å²) in [4.78, 5) is 32.7. The molecule has 1 aromatic heterocycles. The molecule has 142 valence electrons. The second-order valence-corrected chi connectivity index (χ2v) is 7.95. The monoisotopic (exact) mass is 376 g/mol. The van der Waals surface area contributed by atoms with E-state index >= 15 is 0 Å². The number of aromatic nitrogens is 1. The highest BCUT2D eigenvalue weighted by atomic mass is 32.2. The fraction of sp³-hybridized carbons (Fsp3) is 0.632. The number of carbonyl (C=O) groups is 2. The zero-order valence-electron chi connectivity index (χ0n) is 15.2. The molecule has 1 aliphatic heterocycles. The van der Waals surface area contributed by atoms with Gasteiger partial charge in [0, 0.05) is 44.2 Å². The second kappa shape index (κ2) is 9.80. The van der Waals surface area contributed by atoms with Crippen molar-refractivity contribution in [2.24, 2.45) is 0 Å². The summed E-state index contributed by atoms with van der Waals surface area (Å²) in [5.74, 6) is 1.36. The summed E-state index contributed by atoms with van der Waals surface area (Å²) < 4.78 is 0. The van der Waals surface area contributed by atoms with Gasteiger partial charge in [-0.2, -0.15) is 0 Å². The maximum Gasteiger partial charge on any atom is 0.317 e. The Balaban J connectivity index is 1.34. The molecule has 0 radical (unpaired) electrons. The summed E-state index contributed by atoms with van der Waals surface area (Å²) in [5, 5.41) is 3.16. The molecular formula is C19H28N4O2S. The van der Waals surface area contributed by atoms with Crippen LogP contribution in [0.25, 0.3) is 0 Å². The molecule has 2 heterocycles. The number of urea groups is 1. The molecule has 0 spiro atoms. The van der Waals surface area contributed by atoms with Gasteiger partial charge < -0.3 is 15.1 Å². The van der Waals surface area contributed by atoms with Crippen LogP contribution < -0.4 is 5.32 Å². The zero-order chi connectivity index (χ0) is 18.2. The third-order valence-electron chi connectivity index (χ3n) is 5.05. The zero-order valence-corrected chi connectivity index (χ0v) is 16.0. The topological polar surface area (TPSA) is 65.5 Å². The summed E-state index contributed by atoms with van der Waals surface area (Å²) in [6.45, 7) is 2.49. The predicted molar refractivity (Wildman–Crippen MR) is 104 cm³/mol. The summed E-state index contributed by atoms with van der Waals surface area (Å²) in [5.41, 5.74) is 0.995. The first-order chi connectivity index (χ1) is 12.7. The Kier molecular flexibility index (Phi) is 7.17. The Morgan fingerprint density at radius 2 is 1.81 bits per heavy atom. The highest BCUT2D eigenvalue weighted by Gasteiger charge is 2.25. The van der Waals surface area contributed by atoms with Crippen molar-refractivity contribution in [2.45, 2.75) is 43.9 Å². The van der Waals surface area contributed by atoms with Crippen molar-refractivity contribution in [3.63, 3.8) is 0 Å². The number of carbonyl (C=O) groups excluding carboxylic acids is 2. The molecule has 26 heavy (non-hydrogen) atoms. The van der Waals surface area contributed by atoms with Gasteiger partial charge in [-0.05, 0) is 25.0 Å². The molecule has 2 fully saturated rings.